The van der Waals surface area contributed by atoms with Crippen molar-refractivity contribution in [2.24, 2.45) is 0 Å². The summed E-state index contributed by atoms with van der Waals surface area (Å²) in [6.07, 6.45) is 0. The van der Waals surface area contributed by atoms with E-state index < -0.39 is 0 Å². The summed E-state index contributed by atoms with van der Waals surface area (Å²) in [5.41, 5.74) is 2.73. The number of ether oxygens (including phenoxy) is 2. The number of nitrogens with zero attached hydrogens (tertiary/aromatic N) is 1. The van der Waals surface area contributed by atoms with E-state index in [4.69, 9.17) is 9.47 Å². The normalized spacial score (nSPS) is 11.9. The van der Waals surface area contributed by atoms with Crippen LogP contribution in [0.1, 0.15) is 49.4 Å². The maximum Gasteiger partial charge on any atom is 0.190 e. The maximum atomic E-state index is 12.1. The van der Waals surface area contributed by atoms with Gasteiger partial charge < -0.3 is 14.0 Å². The van der Waals surface area contributed by atoms with Gasteiger partial charge in [0.05, 0.1) is 18.8 Å². The molecule has 0 aliphatic carbocycles. The molecule has 0 N–H and O–H groups in total. The third-order valence-corrected chi connectivity index (χ3v) is 3.19. The van der Waals surface area contributed by atoms with Crippen LogP contribution in [0.25, 0.3) is 0 Å². The number of carbonyl (C=O) groups excluding carboxylic acids is 1. The summed E-state index contributed by atoms with van der Waals surface area (Å²) in [4.78, 5) is 12.1. The average Bonchev–Trinajstić information content (AvgIpc) is 2.62. The van der Waals surface area contributed by atoms with E-state index >= 15 is 0 Å². The Bertz CT molecular complexity index is 455. The second kappa shape index (κ2) is 7.04. The minimum Gasteiger partial charge on any atom is -0.373 e. The van der Waals surface area contributed by atoms with Crippen molar-refractivity contribution in [3.05, 3.63) is 23.0 Å². The van der Waals surface area contributed by atoms with Crippen LogP contribution in [0.4, 0.5) is 0 Å². The zero-order chi connectivity index (χ0) is 15.3. The number of rotatable bonds is 7. The van der Waals surface area contributed by atoms with Gasteiger partial charge in [0.25, 0.3) is 0 Å². The first-order valence-corrected chi connectivity index (χ1v) is 7.18. The van der Waals surface area contributed by atoms with Crippen molar-refractivity contribution in [2.45, 2.75) is 53.7 Å². The zero-order valence-electron chi connectivity index (χ0n) is 13.6. The number of aryl methyl sites for hydroxylation is 1. The fourth-order valence-electron chi connectivity index (χ4n) is 2.22. The van der Waals surface area contributed by atoms with Crippen LogP contribution in [0.5, 0.6) is 0 Å². The third kappa shape index (κ3) is 4.76. The molecule has 0 fully saturated rings. The van der Waals surface area contributed by atoms with Crippen LogP contribution in [0.3, 0.4) is 0 Å². The molecule has 0 radical (unpaired) electrons. The van der Waals surface area contributed by atoms with E-state index in [0.29, 0.717) is 13.2 Å². The van der Waals surface area contributed by atoms with Crippen molar-refractivity contribution in [3.63, 3.8) is 0 Å². The molecule has 1 heterocycles. The van der Waals surface area contributed by atoms with E-state index in [1.165, 1.54) is 0 Å². The lowest BCUT2D eigenvalue weighted by atomic mass is 10.1. The van der Waals surface area contributed by atoms with Crippen LogP contribution in [-0.2, 0) is 16.0 Å². The molecule has 4 heteroatoms. The van der Waals surface area contributed by atoms with Crippen molar-refractivity contribution in [1.29, 1.82) is 0 Å². The van der Waals surface area contributed by atoms with Gasteiger partial charge in [0, 0.05) is 23.5 Å². The van der Waals surface area contributed by atoms with Gasteiger partial charge in [-0.2, -0.15) is 0 Å². The minimum atomic E-state index is -0.167. The molecule has 0 aliphatic rings. The van der Waals surface area contributed by atoms with Gasteiger partial charge in [0.1, 0.15) is 6.61 Å². The molecule has 0 saturated carbocycles. The monoisotopic (exact) mass is 281 g/mol. The molecule has 0 bridgehead atoms. The molecule has 1 rings (SSSR count). The average molecular weight is 281 g/mol. The molecule has 0 aromatic carbocycles. The van der Waals surface area contributed by atoms with E-state index in [0.717, 1.165) is 23.5 Å². The highest BCUT2D eigenvalue weighted by Gasteiger charge is 2.15. The molecule has 114 valence electrons. The lowest BCUT2D eigenvalue weighted by molar-refractivity contribution is -0.0324. The van der Waals surface area contributed by atoms with Crippen molar-refractivity contribution < 1.29 is 14.3 Å². The number of ketones is 1. The Kier molecular flexibility index (Phi) is 5.96. The van der Waals surface area contributed by atoms with Crippen molar-refractivity contribution in [1.82, 2.24) is 4.57 Å². The molecule has 1 aromatic heterocycles. The predicted octanol–water partition coefficient (Wildman–Crippen LogP) is 3.14. The summed E-state index contributed by atoms with van der Waals surface area (Å²) in [5.74, 6) is 0.0357. The number of hydrogen-bond acceptors (Lipinski definition) is 3. The summed E-state index contributed by atoms with van der Waals surface area (Å²) in [6.45, 7) is 14.0. The highest BCUT2D eigenvalue weighted by atomic mass is 16.5. The number of carbonyl (C=O) groups is 1. The minimum absolute atomic E-state index is 0.0357. The maximum absolute atomic E-state index is 12.1. The van der Waals surface area contributed by atoms with Gasteiger partial charge in [-0.05, 0) is 47.6 Å². The Hall–Kier alpha value is -1.13. The van der Waals surface area contributed by atoms with Gasteiger partial charge >= 0.3 is 0 Å². The van der Waals surface area contributed by atoms with Gasteiger partial charge in [-0.3, -0.25) is 4.79 Å². The summed E-state index contributed by atoms with van der Waals surface area (Å²) >= 11 is 0. The van der Waals surface area contributed by atoms with E-state index in [1.807, 2.05) is 40.7 Å². The van der Waals surface area contributed by atoms with Crippen LogP contribution in [-0.4, -0.2) is 35.8 Å². The molecule has 0 spiro atoms. The zero-order valence-corrected chi connectivity index (χ0v) is 13.6. The first-order chi connectivity index (χ1) is 9.26. The van der Waals surface area contributed by atoms with Gasteiger partial charge in [0.15, 0.2) is 5.78 Å². The Morgan fingerprint density at radius 2 is 1.90 bits per heavy atom. The van der Waals surface area contributed by atoms with E-state index in [9.17, 15) is 4.79 Å². The molecule has 1 aromatic rings. The van der Waals surface area contributed by atoms with Crippen molar-refractivity contribution in [2.75, 3.05) is 19.8 Å². The van der Waals surface area contributed by atoms with Gasteiger partial charge in [-0.15, -0.1) is 0 Å². The van der Waals surface area contributed by atoms with Crippen LogP contribution >= 0.6 is 0 Å². The van der Waals surface area contributed by atoms with Crippen LogP contribution < -0.4 is 0 Å². The van der Waals surface area contributed by atoms with Crippen molar-refractivity contribution in [3.8, 4) is 0 Å². The molecule has 0 amide bonds. The smallest absolute Gasteiger partial charge is 0.190 e. The lowest BCUT2D eigenvalue weighted by Gasteiger charge is -2.19. The third-order valence-electron chi connectivity index (χ3n) is 3.19. The summed E-state index contributed by atoms with van der Waals surface area (Å²) in [7, 11) is 0. The van der Waals surface area contributed by atoms with Gasteiger partial charge in [-0.25, -0.2) is 0 Å². The van der Waals surface area contributed by atoms with Crippen LogP contribution in [0, 0.1) is 13.8 Å². The first kappa shape index (κ1) is 16.9. The topological polar surface area (TPSA) is 40.5 Å². The molecular weight excluding hydrogens is 254 g/mol. The molecule has 0 atom stereocenters. The van der Waals surface area contributed by atoms with E-state index in [2.05, 4.69) is 11.5 Å². The lowest BCUT2D eigenvalue weighted by Crippen LogP contribution is -2.22. The summed E-state index contributed by atoms with van der Waals surface area (Å²) in [6, 6.07) is 1.94. The SMILES string of the molecule is CCn1c(C)cc(C(=O)COCCOC(C)(C)C)c1C. The second-order valence-electron chi connectivity index (χ2n) is 5.97. The highest BCUT2D eigenvalue weighted by molar-refractivity contribution is 5.98. The summed E-state index contributed by atoms with van der Waals surface area (Å²) in [5, 5.41) is 0. The first-order valence-electron chi connectivity index (χ1n) is 7.18. The summed E-state index contributed by atoms with van der Waals surface area (Å²) < 4.78 is 13.1. The Balaban J connectivity index is 2.44. The van der Waals surface area contributed by atoms with E-state index in [1.54, 1.807) is 0 Å². The van der Waals surface area contributed by atoms with Crippen molar-refractivity contribution >= 4 is 5.78 Å². The fourth-order valence-corrected chi connectivity index (χ4v) is 2.22. The molecule has 0 unspecified atom stereocenters. The number of Topliss-reactive ketones (excluding diaryl/α,β-unsaturated/α-hetero) is 1. The predicted molar refractivity (Wildman–Crippen MR) is 80.4 cm³/mol. The number of hydrogen-bond donors (Lipinski definition) is 0. The molecule has 0 aliphatic heterocycles. The molecule has 0 saturated heterocycles. The Morgan fingerprint density at radius 3 is 2.40 bits per heavy atom. The van der Waals surface area contributed by atoms with Crippen LogP contribution in [0.2, 0.25) is 0 Å². The molecule has 20 heavy (non-hydrogen) atoms. The van der Waals surface area contributed by atoms with Gasteiger partial charge in [-0.1, -0.05) is 0 Å². The molecular formula is C16H27NO3. The van der Waals surface area contributed by atoms with Crippen LogP contribution in [0.15, 0.2) is 6.07 Å². The molecule has 4 nitrogen and oxygen atoms in total. The largest absolute Gasteiger partial charge is 0.373 e. The Labute approximate surface area is 122 Å². The fraction of sp³-hybridized carbons (Fsp3) is 0.688. The van der Waals surface area contributed by atoms with E-state index in [-0.39, 0.29) is 18.0 Å². The number of aromatic nitrogens is 1. The Morgan fingerprint density at radius 1 is 1.25 bits per heavy atom. The quantitative estimate of drug-likeness (QED) is 0.569. The standard InChI is InChI=1S/C16H27NO3/c1-7-17-12(2)10-14(13(17)3)15(18)11-19-8-9-20-16(4,5)6/h10H,7-9,11H2,1-6H3. The highest BCUT2D eigenvalue weighted by Crippen LogP contribution is 2.15. The second-order valence-corrected chi connectivity index (χ2v) is 5.97. The van der Waals surface area contributed by atoms with Gasteiger partial charge in [0.2, 0.25) is 0 Å².